The SMILES string of the molecule is COc1ccc(OC)c(Nc2cc(C)nc(Nc3cccc(C)c3C)n2)c1. The first-order valence-corrected chi connectivity index (χ1v) is 8.68. The highest BCUT2D eigenvalue weighted by molar-refractivity contribution is 5.68. The maximum Gasteiger partial charge on any atom is 0.229 e. The molecule has 0 radical (unpaired) electrons. The second-order valence-electron chi connectivity index (χ2n) is 6.28. The molecule has 3 aromatic rings. The summed E-state index contributed by atoms with van der Waals surface area (Å²) < 4.78 is 10.7. The number of nitrogens with one attached hydrogen (secondary N) is 2. The smallest absolute Gasteiger partial charge is 0.229 e. The van der Waals surface area contributed by atoms with Gasteiger partial charge >= 0.3 is 0 Å². The fourth-order valence-corrected chi connectivity index (χ4v) is 2.75. The van der Waals surface area contributed by atoms with Gasteiger partial charge in [-0.3, -0.25) is 0 Å². The van der Waals surface area contributed by atoms with Crippen molar-refractivity contribution in [1.29, 1.82) is 0 Å². The molecule has 0 atom stereocenters. The standard InChI is InChI=1S/C21H24N4O2/c1-13-7-6-8-17(15(13)3)24-21-22-14(2)11-20(25-21)23-18-12-16(26-4)9-10-19(18)27-5/h6-12H,1-5H3,(H2,22,23,24,25). The van der Waals surface area contributed by atoms with Gasteiger partial charge in [0.2, 0.25) is 5.95 Å². The Kier molecular flexibility index (Phi) is 5.45. The van der Waals surface area contributed by atoms with E-state index in [1.165, 1.54) is 11.1 Å². The van der Waals surface area contributed by atoms with E-state index in [-0.39, 0.29) is 0 Å². The third kappa shape index (κ3) is 4.28. The van der Waals surface area contributed by atoms with Crippen molar-refractivity contribution < 1.29 is 9.47 Å². The molecule has 2 aromatic carbocycles. The molecule has 140 valence electrons. The molecule has 0 aliphatic carbocycles. The average molecular weight is 364 g/mol. The molecule has 0 unspecified atom stereocenters. The van der Waals surface area contributed by atoms with Crippen molar-refractivity contribution in [1.82, 2.24) is 9.97 Å². The summed E-state index contributed by atoms with van der Waals surface area (Å²) in [5.41, 5.74) is 5.00. The normalized spacial score (nSPS) is 10.4. The number of anilines is 4. The number of aromatic nitrogens is 2. The van der Waals surface area contributed by atoms with Gasteiger partial charge in [0.1, 0.15) is 17.3 Å². The van der Waals surface area contributed by atoms with E-state index in [4.69, 9.17) is 9.47 Å². The molecular weight excluding hydrogens is 340 g/mol. The Morgan fingerprint density at radius 2 is 1.63 bits per heavy atom. The Labute approximate surface area is 159 Å². The van der Waals surface area contributed by atoms with Gasteiger partial charge in [-0.25, -0.2) is 4.98 Å². The molecule has 3 rings (SSSR count). The van der Waals surface area contributed by atoms with Gasteiger partial charge in [0, 0.05) is 23.5 Å². The lowest BCUT2D eigenvalue weighted by molar-refractivity contribution is 0.405. The monoisotopic (exact) mass is 364 g/mol. The molecular formula is C21H24N4O2. The maximum absolute atomic E-state index is 5.42. The summed E-state index contributed by atoms with van der Waals surface area (Å²) in [5.74, 6) is 2.64. The van der Waals surface area contributed by atoms with Crippen LogP contribution in [0.1, 0.15) is 16.8 Å². The van der Waals surface area contributed by atoms with E-state index >= 15 is 0 Å². The first-order valence-electron chi connectivity index (χ1n) is 8.68. The highest BCUT2D eigenvalue weighted by atomic mass is 16.5. The molecule has 0 bridgehead atoms. The minimum Gasteiger partial charge on any atom is -0.497 e. The minimum atomic E-state index is 0.535. The van der Waals surface area contributed by atoms with Crippen LogP contribution in [0.5, 0.6) is 11.5 Å². The van der Waals surface area contributed by atoms with E-state index in [9.17, 15) is 0 Å². The van der Waals surface area contributed by atoms with Crippen LogP contribution in [0.2, 0.25) is 0 Å². The molecule has 1 aromatic heterocycles. The van der Waals surface area contributed by atoms with E-state index in [0.29, 0.717) is 17.5 Å². The number of hydrogen-bond acceptors (Lipinski definition) is 6. The van der Waals surface area contributed by atoms with Crippen LogP contribution < -0.4 is 20.1 Å². The van der Waals surface area contributed by atoms with Gasteiger partial charge in [-0.05, 0) is 50.1 Å². The fraction of sp³-hybridized carbons (Fsp3) is 0.238. The summed E-state index contributed by atoms with van der Waals surface area (Å²) in [6, 6.07) is 13.6. The molecule has 0 aliphatic rings. The van der Waals surface area contributed by atoms with Crippen LogP contribution >= 0.6 is 0 Å². The summed E-state index contributed by atoms with van der Waals surface area (Å²) in [5, 5.41) is 6.61. The van der Waals surface area contributed by atoms with Crippen LogP contribution in [0.3, 0.4) is 0 Å². The molecule has 0 aliphatic heterocycles. The Morgan fingerprint density at radius 1 is 0.815 bits per heavy atom. The second kappa shape index (κ2) is 7.95. The number of hydrogen-bond donors (Lipinski definition) is 2. The Hall–Kier alpha value is -3.28. The Balaban J connectivity index is 1.91. The van der Waals surface area contributed by atoms with E-state index < -0.39 is 0 Å². The molecule has 6 heteroatoms. The lowest BCUT2D eigenvalue weighted by Crippen LogP contribution is -2.04. The maximum atomic E-state index is 5.42. The number of ether oxygens (including phenoxy) is 2. The molecule has 0 spiro atoms. The highest BCUT2D eigenvalue weighted by Gasteiger charge is 2.09. The average Bonchev–Trinajstić information content (AvgIpc) is 2.65. The predicted octanol–water partition coefficient (Wildman–Crippen LogP) is 4.91. The molecule has 0 amide bonds. The molecule has 2 N–H and O–H groups in total. The topological polar surface area (TPSA) is 68.3 Å². The van der Waals surface area contributed by atoms with Gasteiger partial charge in [0.15, 0.2) is 0 Å². The van der Waals surface area contributed by atoms with Crippen LogP contribution in [0.25, 0.3) is 0 Å². The van der Waals surface area contributed by atoms with Crippen LogP contribution in [0.4, 0.5) is 23.1 Å². The Morgan fingerprint density at radius 3 is 2.37 bits per heavy atom. The Bertz CT molecular complexity index is 957. The first-order chi connectivity index (χ1) is 13.0. The third-order valence-electron chi connectivity index (χ3n) is 4.37. The fourth-order valence-electron chi connectivity index (χ4n) is 2.75. The summed E-state index contributed by atoms with van der Waals surface area (Å²) in [4.78, 5) is 9.10. The van der Waals surface area contributed by atoms with Crippen molar-refractivity contribution in [2.45, 2.75) is 20.8 Å². The van der Waals surface area contributed by atoms with Gasteiger partial charge < -0.3 is 20.1 Å². The summed E-state index contributed by atoms with van der Waals surface area (Å²) in [7, 11) is 3.26. The van der Waals surface area contributed by atoms with Gasteiger partial charge in [0.25, 0.3) is 0 Å². The molecule has 6 nitrogen and oxygen atoms in total. The lowest BCUT2D eigenvalue weighted by Gasteiger charge is -2.14. The van der Waals surface area contributed by atoms with Gasteiger partial charge in [-0.15, -0.1) is 0 Å². The van der Waals surface area contributed by atoms with E-state index in [1.54, 1.807) is 14.2 Å². The zero-order valence-corrected chi connectivity index (χ0v) is 16.3. The van der Waals surface area contributed by atoms with Crippen LogP contribution in [0, 0.1) is 20.8 Å². The van der Waals surface area contributed by atoms with Crippen molar-refractivity contribution in [3.63, 3.8) is 0 Å². The molecule has 0 saturated carbocycles. The van der Waals surface area contributed by atoms with E-state index in [1.807, 2.05) is 43.3 Å². The van der Waals surface area contributed by atoms with E-state index in [2.05, 4.69) is 40.5 Å². The van der Waals surface area contributed by atoms with Crippen LogP contribution in [-0.4, -0.2) is 24.2 Å². The van der Waals surface area contributed by atoms with Crippen molar-refractivity contribution in [2.75, 3.05) is 24.9 Å². The number of rotatable bonds is 6. The zero-order valence-electron chi connectivity index (χ0n) is 16.3. The van der Waals surface area contributed by atoms with Crippen LogP contribution in [-0.2, 0) is 0 Å². The zero-order chi connectivity index (χ0) is 19.4. The number of methoxy groups -OCH3 is 2. The van der Waals surface area contributed by atoms with Crippen molar-refractivity contribution in [3.8, 4) is 11.5 Å². The highest BCUT2D eigenvalue weighted by Crippen LogP contribution is 2.31. The molecule has 0 fully saturated rings. The predicted molar refractivity (Wildman–Crippen MR) is 109 cm³/mol. The van der Waals surface area contributed by atoms with Gasteiger partial charge in [-0.2, -0.15) is 4.98 Å². The molecule has 27 heavy (non-hydrogen) atoms. The van der Waals surface area contributed by atoms with Crippen molar-refractivity contribution >= 4 is 23.1 Å². The quantitative estimate of drug-likeness (QED) is 0.648. The van der Waals surface area contributed by atoms with Crippen molar-refractivity contribution in [2.24, 2.45) is 0 Å². The van der Waals surface area contributed by atoms with Crippen LogP contribution in [0.15, 0.2) is 42.5 Å². The minimum absolute atomic E-state index is 0.535. The molecule has 1 heterocycles. The van der Waals surface area contributed by atoms with E-state index in [0.717, 1.165) is 22.8 Å². The first kappa shape index (κ1) is 18.5. The number of benzene rings is 2. The van der Waals surface area contributed by atoms with Crippen molar-refractivity contribution in [3.05, 3.63) is 59.3 Å². The largest absolute Gasteiger partial charge is 0.497 e. The van der Waals surface area contributed by atoms with Gasteiger partial charge in [0.05, 0.1) is 19.9 Å². The summed E-state index contributed by atoms with van der Waals surface area (Å²) in [6.07, 6.45) is 0. The summed E-state index contributed by atoms with van der Waals surface area (Å²) in [6.45, 7) is 6.09. The summed E-state index contributed by atoms with van der Waals surface area (Å²) >= 11 is 0. The number of nitrogens with zero attached hydrogens (tertiary/aromatic N) is 2. The third-order valence-corrected chi connectivity index (χ3v) is 4.37. The van der Waals surface area contributed by atoms with Gasteiger partial charge in [-0.1, -0.05) is 12.1 Å². The second-order valence-corrected chi connectivity index (χ2v) is 6.28. The number of aryl methyl sites for hydroxylation is 2. The molecule has 0 saturated heterocycles. The lowest BCUT2D eigenvalue weighted by atomic mass is 10.1.